The molecular weight excluding hydrogens is 537 g/mol. The van der Waals surface area contributed by atoms with E-state index in [0.717, 1.165) is 24.8 Å². The summed E-state index contributed by atoms with van der Waals surface area (Å²) in [5.74, 6) is 0.699. The minimum Gasteiger partial charge on any atom is -0.484 e. The Bertz CT molecular complexity index is 753. The monoisotopic (exact) mass is 577 g/mol. The van der Waals surface area contributed by atoms with Gasteiger partial charge < -0.3 is 31.2 Å². The highest BCUT2D eigenvalue weighted by Gasteiger charge is 2.18. The van der Waals surface area contributed by atoms with Crippen LogP contribution in [0.5, 0.6) is 5.75 Å². The van der Waals surface area contributed by atoms with Gasteiger partial charge in [0.1, 0.15) is 11.4 Å². The number of amides is 2. The maximum absolute atomic E-state index is 12.0. The van der Waals surface area contributed by atoms with Crippen LogP contribution >= 0.6 is 24.0 Å². The van der Waals surface area contributed by atoms with Crippen molar-refractivity contribution in [3.05, 3.63) is 29.8 Å². The van der Waals surface area contributed by atoms with Crippen molar-refractivity contribution in [1.82, 2.24) is 16.0 Å². The number of nitrogens with two attached hydrogens (primary N) is 1. The van der Waals surface area contributed by atoms with Gasteiger partial charge in [-0.2, -0.15) is 0 Å². The van der Waals surface area contributed by atoms with Crippen LogP contribution in [0.3, 0.4) is 0 Å². The minimum absolute atomic E-state index is 0. The molecule has 0 saturated carbocycles. The molecule has 1 unspecified atom stereocenters. The SMILES string of the molecule is CCCCC(CNC(=O)OC(C)(C)C)NC(=NCc1cccc(OCC(N)=O)c1)NCC.I. The first-order valence-corrected chi connectivity index (χ1v) is 11.1. The van der Waals surface area contributed by atoms with Crippen LogP contribution in [0.15, 0.2) is 29.3 Å². The molecule has 10 heteroatoms. The normalized spacial score (nSPS) is 12.2. The van der Waals surface area contributed by atoms with Crippen LogP contribution < -0.4 is 26.4 Å². The molecule has 2 amide bonds. The number of benzene rings is 1. The van der Waals surface area contributed by atoms with E-state index in [0.29, 0.717) is 31.3 Å². The van der Waals surface area contributed by atoms with Crippen LogP contribution in [0, 0.1) is 0 Å². The van der Waals surface area contributed by atoms with Crippen molar-refractivity contribution in [2.24, 2.45) is 10.7 Å². The predicted octanol–water partition coefficient (Wildman–Crippen LogP) is 3.31. The Morgan fingerprint density at radius 2 is 1.91 bits per heavy atom. The maximum atomic E-state index is 12.0. The fourth-order valence-electron chi connectivity index (χ4n) is 2.77. The molecule has 1 aromatic carbocycles. The van der Waals surface area contributed by atoms with Gasteiger partial charge in [-0.3, -0.25) is 4.79 Å². The molecular formula is C23H40IN5O4. The second kappa shape index (κ2) is 16.4. The summed E-state index contributed by atoms with van der Waals surface area (Å²) in [5, 5.41) is 9.49. The summed E-state index contributed by atoms with van der Waals surface area (Å²) in [7, 11) is 0. The summed E-state index contributed by atoms with van der Waals surface area (Å²) in [6.45, 7) is 11.0. The van der Waals surface area contributed by atoms with Crippen LogP contribution in [0.25, 0.3) is 0 Å². The number of nitrogens with one attached hydrogen (secondary N) is 3. The molecule has 0 aromatic heterocycles. The van der Waals surface area contributed by atoms with E-state index in [4.69, 9.17) is 15.2 Å². The number of rotatable bonds is 12. The summed E-state index contributed by atoms with van der Waals surface area (Å²) in [6, 6.07) is 7.38. The quantitative estimate of drug-likeness (QED) is 0.172. The third-order valence-corrected chi connectivity index (χ3v) is 4.18. The van der Waals surface area contributed by atoms with Crippen molar-refractivity contribution in [1.29, 1.82) is 0 Å². The topological polar surface area (TPSA) is 127 Å². The Hall–Kier alpha value is -2.24. The van der Waals surface area contributed by atoms with Gasteiger partial charge in [0.05, 0.1) is 6.54 Å². The van der Waals surface area contributed by atoms with Crippen molar-refractivity contribution >= 4 is 41.9 Å². The molecule has 188 valence electrons. The molecule has 9 nitrogen and oxygen atoms in total. The van der Waals surface area contributed by atoms with E-state index >= 15 is 0 Å². The number of halogens is 1. The van der Waals surface area contributed by atoms with Crippen LogP contribution in [-0.2, 0) is 16.1 Å². The first-order chi connectivity index (χ1) is 15.1. The lowest BCUT2D eigenvalue weighted by Crippen LogP contribution is -2.49. The number of aliphatic imine (C=N–C) groups is 1. The molecule has 0 aliphatic heterocycles. The molecule has 0 saturated heterocycles. The number of alkyl carbamates (subject to hydrolysis) is 1. The second-order valence-electron chi connectivity index (χ2n) is 8.46. The van der Waals surface area contributed by atoms with Gasteiger partial charge in [-0.25, -0.2) is 9.79 Å². The lowest BCUT2D eigenvalue weighted by molar-refractivity contribution is -0.119. The highest BCUT2D eigenvalue weighted by Crippen LogP contribution is 2.14. The molecule has 0 aliphatic rings. The first kappa shape index (κ1) is 30.8. The fourth-order valence-corrected chi connectivity index (χ4v) is 2.77. The number of carbonyl (C=O) groups excluding carboxylic acids is 2. The van der Waals surface area contributed by atoms with Crippen molar-refractivity contribution < 1.29 is 19.1 Å². The molecule has 33 heavy (non-hydrogen) atoms. The lowest BCUT2D eigenvalue weighted by atomic mass is 10.1. The van der Waals surface area contributed by atoms with Gasteiger partial charge in [-0.15, -0.1) is 24.0 Å². The van der Waals surface area contributed by atoms with E-state index in [1.807, 2.05) is 45.9 Å². The molecule has 0 aliphatic carbocycles. The standard InChI is InChI=1S/C23H39N5O4.HI/c1-6-8-11-18(15-27-22(30)32-23(3,4)5)28-21(25-7-2)26-14-17-10-9-12-19(13-17)31-16-20(24)29;/h9-10,12-13,18H,6-8,11,14-16H2,1-5H3,(H2,24,29)(H,27,30)(H2,25,26,28);1H. The summed E-state index contributed by atoms with van der Waals surface area (Å²) in [5.41, 5.74) is 5.52. The number of hydrogen-bond acceptors (Lipinski definition) is 5. The third-order valence-electron chi connectivity index (χ3n) is 4.18. The molecule has 0 radical (unpaired) electrons. The van der Waals surface area contributed by atoms with Gasteiger partial charge in [-0.05, 0) is 51.8 Å². The first-order valence-electron chi connectivity index (χ1n) is 11.1. The number of nitrogens with zero attached hydrogens (tertiary/aromatic N) is 1. The van der Waals surface area contributed by atoms with Gasteiger partial charge in [0.15, 0.2) is 12.6 Å². The van der Waals surface area contributed by atoms with Gasteiger partial charge in [0.2, 0.25) is 0 Å². The molecule has 0 fully saturated rings. The maximum Gasteiger partial charge on any atom is 0.407 e. The Balaban J connectivity index is 0.0000102. The number of ether oxygens (including phenoxy) is 2. The zero-order valence-corrected chi connectivity index (χ0v) is 22.7. The number of carbonyl (C=O) groups is 2. The fraction of sp³-hybridized carbons (Fsp3) is 0.609. The van der Waals surface area contributed by atoms with E-state index < -0.39 is 17.6 Å². The van der Waals surface area contributed by atoms with Crippen LogP contribution in [-0.4, -0.2) is 49.3 Å². The van der Waals surface area contributed by atoms with Crippen LogP contribution in [0.2, 0.25) is 0 Å². The van der Waals surface area contributed by atoms with E-state index in [2.05, 4.69) is 27.9 Å². The lowest BCUT2D eigenvalue weighted by Gasteiger charge is -2.24. The second-order valence-corrected chi connectivity index (χ2v) is 8.46. The number of guanidine groups is 1. The third kappa shape index (κ3) is 15.3. The Morgan fingerprint density at radius 3 is 2.52 bits per heavy atom. The summed E-state index contributed by atoms with van der Waals surface area (Å²) < 4.78 is 10.7. The Labute approximate surface area is 214 Å². The van der Waals surface area contributed by atoms with Crippen LogP contribution in [0.1, 0.15) is 59.4 Å². The zero-order valence-electron chi connectivity index (χ0n) is 20.4. The number of hydrogen-bond donors (Lipinski definition) is 4. The number of primary amides is 1. The average Bonchev–Trinajstić information content (AvgIpc) is 2.71. The Kier molecular flexibility index (Phi) is 15.3. The molecule has 0 bridgehead atoms. The molecule has 0 heterocycles. The molecule has 1 rings (SSSR count). The van der Waals surface area contributed by atoms with E-state index in [9.17, 15) is 9.59 Å². The van der Waals surface area contributed by atoms with E-state index in [-0.39, 0.29) is 36.6 Å². The molecule has 1 aromatic rings. The highest BCUT2D eigenvalue weighted by atomic mass is 127. The van der Waals surface area contributed by atoms with Crippen molar-refractivity contribution in [3.8, 4) is 5.75 Å². The predicted molar refractivity (Wildman–Crippen MR) is 142 cm³/mol. The van der Waals surface area contributed by atoms with Gasteiger partial charge in [0.25, 0.3) is 5.91 Å². The molecule has 5 N–H and O–H groups in total. The zero-order chi connectivity index (χ0) is 24.0. The summed E-state index contributed by atoms with van der Waals surface area (Å²) in [4.78, 5) is 27.6. The van der Waals surface area contributed by atoms with Gasteiger partial charge in [-0.1, -0.05) is 31.9 Å². The molecule has 1 atom stereocenters. The Morgan fingerprint density at radius 1 is 1.18 bits per heavy atom. The van der Waals surface area contributed by atoms with Crippen molar-refractivity contribution in [2.75, 3.05) is 19.7 Å². The summed E-state index contributed by atoms with van der Waals surface area (Å²) in [6.07, 6.45) is 2.52. The number of unbranched alkanes of at least 4 members (excludes halogenated alkanes) is 1. The van der Waals surface area contributed by atoms with E-state index in [1.54, 1.807) is 6.07 Å². The smallest absolute Gasteiger partial charge is 0.407 e. The van der Waals surface area contributed by atoms with Crippen LogP contribution in [0.4, 0.5) is 4.79 Å². The largest absolute Gasteiger partial charge is 0.484 e. The highest BCUT2D eigenvalue weighted by molar-refractivity contribution is 14.0. The van der Waals surface area contributed by atoms with Crippen molar-refractivity contribution in [3.63, 3.8) is 0 Å². The average molecular weight is 578 g/mol. The molecule has 0 spiro atoms. The summed E-state index contributed by atoms with van der Waals surface area (Å²) >= 11 is 0. The van der Waals surface area contributed by atoms with Gasteiger partial charge >= 0.3 is 6.09 Å². The minimum atomic E-state index is -0.539. The van der Waals surface area contributed by atoms with Gasteiger partial charge in [0, 0.05) is 19.1 Å². The van der Waals surface area contributed by atoms with Crippen molar-refractivity contribution in [2.45, 2.75) is 72.1 Å². The van der Waals surface area contributed by atoms with E-state index in [1.165, 1.54) is 0 Å².